The number of halogens is 1. The minimum Gasteiger partial charge on any atom is -0.497 e. The van der Waals surface area contributed by atoms with Gasteiger partial charge < -0.3 is 19.7 Å². The Bertz CT molecular complexity index is 825. The lowest BCUT2D eigenvalue weighted by molar-refractivity contribution is -0.910. The number of ether oxygens (including phenoxy) is 2. The van der Waals surface area contributed by atoms with Gasteiger partial charge in [0.25, 0.3) is 5.91 Å². The molecule has 1 aliphatic rings. The predicted octanol–water partition coefficient (Wildman–Crippen LogP) is 3.02. The number of carbonyl (C=O) groups excluding carboxylic acids is 1. The van der Waals surface area contributed by atoms with Gasteiger partial charge in [0.1, 0.15) is 17.5 Å². The van der Waals surface area contributed by atoms with Crippen molar-refractivity contribution in [1.82, 2.24) is 0 Å². The molecule has 1 heterocycles. The third-order valence-electron chi connectivity index (χ3n) is 5.23. The SMILES string of the molecule is COc1ccc([C@H]2CCC[NH+]2CC(=O)Nc2cccc(Cl)c2C)c(OC)c1. The number of likely N-dealkylation sites (tertiary alicyclic amines) is 1. The van der Waals surface area contributed by atoms with Crippen molar-refractivity contribution in [2.24, 2.45) is 0 Å². The molecule has 2 aromatic carbocycles. The first-order valence-electron chi connectivity index (χ1n) is 9.15. The fourth-order valence-electron chi connectivity index (χ4n) is 3.75. The first-order valence-corrected chi connectivity index (χ1v) is 9.52. The van der Waals surface area contributed by atoms with E-state index in [0.717, 1.165) is 47.7 Å². The molecule has 2 aromatic rings. The lowest BCUT2D eigenvalue weighted by Crippen LogP contribution is -3.11. The van der Waals surface area contributed by atoms with Gasteiger partial charge in [-0.15, -0.1) is 0 Å². The quantitative estimate of drug-likeness (QED) is 0.798. The first kappa shape index (κ1) is 19.5. The molecular formula is C21H26ClN2O3+. The smallest absolute Gasteiger partial charge is 0.279 e. The van der Waals surface area contributed by atoms with Gasteiger partial charge in [0.05, 0.1) is 26.3 Å². The van der Waals surface area contributed by atoms with Gasteiger partial charge >= 0.3 is 0 Å². The molecule has 1 unspecified atom stereocenters. The van der Waals surface area contributed by atoms with Gasteiger partial charge in [-0.1, -0.05) is 17.7 Å². The summed E-state index contributed by atoms with van der Waals surface area (Å²) < 4.78 is 10.9. The van der Waals surface area contributed by atoms with Crippen molar-refractivity contribution >= 4 is 23.2 Å². The Kier molecular flexibility index (Phi) is 6.24. The highest BCUT2D eigenvalue weighted by atomic mass is 35.5. The van der Waals surface area contributed by atoms with Gasteiger partial charge in [0.15, 0.2) is 6.54 Å². The van der Waals surface area contributed by atoms with E-state index in [1.807, 2.05) is 43.3 Å². The molecule has 0 spiro atoms. The van der Waals surface area contributed by atoms with Crippen molar-refractivity contribution in [3.8, 4) is 11.5 Å². The number of amides is 1. The van der Waals surface area contributed by atoms with E-state index < -0.39 is 0 Å². The Balaban J connectivity index is 1.73. The summed E-state index contributed by atoms with van der Waals surface area (Å²) in [5.41, 5.74) is 2.78. The molecule has 3 rings (SSSR count). The second kappa shape index (κ2) is 8.63. The summed E-state index contributed by atoms with van der Waals surface area (Å²) in [6.45, 7) is 3.28. The number of nitrogens with one attached hydrogen (secondary N) is 2. The van der Waals surface area contributed by atoms with Crippen molar-refractivity contribution in [2.75, 3.05) is 32.6 Å². The molecule has 0 aliphatic carbocycles. The van der Waals surface area contributed by atoms with Crippen LogP contribution in [0.5, 0.6) is 11.5 Å². The van der Waals surface area contributed by atoms with E-state index >= 15 is 0 Å². The van der Waals surface area contributed by atoms with E-state index in [2.05, 4.69) is 5.32 Å². The van der Waals surface area contributed by atoms with Crippen molar-refractivity contribution < 1.29 is 19.2 Å². The van der Waals surface area contributed by atoms with Crippen molar-refractivity contribution in [3.05, 3.63) is 52.5 Å². The van der Waals surface area contributed by atoms with E-state index in [9.17, 15) is 4.79 Å². The van der Waals surface area contributed by atoms with Gasteiger partial charge in [0, 0.05) is 29.6 Å². The van der Waals surface area contributed by atoms with E-state index in [-0.39, 0.29) is 11.9 Å². The van der Waals surface area contributed by atoms with Crippen molar-refractivity contribution in [3.63, 3.8) is 0 Å². The maximum atomic E-state index is 12.6. The molecule has 144 valence electrons. The second-order valence-electron chi connectivity index (χ2n) is 6.85. The molecule has 2 atom stereocenters. The van der Waals surface area contributed by atoms with Crippen LogP contribution in [-0.2, 0) is 4.79 Å². The number of methoxy groups -OCH3 is 2. The number of anilines is 1. The standard InChI is InChI=1S/C21H25ClN2O3/c1-14-17(22)6-4-7-18(14)23-21(25)13-24-11-5-8-19(24)16-10-9-15(26-2)12-20(16)27-3/h4,6-7,9-10,12,19H,5,8,11,13H2,1-3H3,(H,23,25)/p+1/t19-/m1/s1. The minimum atomic E-state index is -0.00487. The molecule has 27 heavy (non-hydrogen) atoms. The molecule has 6 heteroatoms. The Hall–Kier alpha value is -2.24. The average molecular weight is 390 g/mol. The lowest BCUT2D eigenvalue weighted by atomic mass is 10.0. The molecule has 2 N–H and O–H groups in total. The molecule has 0 aromatic heterocycles. The molecule has 5 nitrogen and oxygen atoms in total. The van der Waals surface area contributed by atoms with Crippen LogP contribution in [0.15, 0.2) is 36.4 Å². The zero-order chi connectivity index (χ0) is 19.4. The van der Waals surface area contributed by atoms with Crippen molar-refractivity contribution in [1.29, 1.82) is 0 Å². The normalized spacial score (nSPS) is 19.0. The lowest BCUT2D eigenvalue weighted by Gasteiger charge is -2.23. The maximum Gasteiger partial charge on any atom is 0.279 e. The minimum absolute atomic E-state index is 0.00487. The summed E-state index contributed by atoms with van der Waals surface area (Å²) in [5, 5.41) is 3.66. The highest BCUT2D eigenvalue weighted by Gasteiger charge is 2.33. The van der Waals surface area contributed by atoms with Gasteiger partial charge in [0.2, 0.25) is 0 Å². The molecule has 1 aliphatic heterocycles. The van der Waals surface area contributed by atoms with Crippen LogP contribution in [0.1, 0.15) is 30.0 Å². The number of benzene rings is 2. The summed E-state index contributed by atoms with van der Waals surface area (Å²) in [5.74, 6) is 1.57. The van der Waals surface area contributed by atoms with Gasteiger partial charge in [-0.2, -0.15) is 0 Å². The molecular weight excluding hydrogens is 364 g/mol. The van der Waals surface area contributed by atoms with Gasteiger partial charge in [-0.05, 0) is 36.8 Å². The van der Waals surface area contributed by atoms with Crippen LogP contribution in [0.2, 0.25) is 5.02 Å². The van der Waals surface area contributed by atoms with Crippen LogP contribution < -0.4 is 19.7 Å². The third kappa shape index (κ3) is 4.37. The van der Waals surface area contributed by atoms with E-state index in [4.69, 9.17) is 21.1 Å². The largest absolute Gasteiger partial charge is 0.497 e. The molecule has 0 bridgehead atoms. The fraction of sp³-hybridized carbons (Fsp3) is 0.381. The highest BCUT2D eigenvalue weighted by Crippen LogP contribution is 2.31. The summed E-state index contributed by atoms with van der Waals surface area (Å²) in [6.07, 6.45) is 2.11. The van der Waals surface area contributed by atoms with Crippen LogP contribution in [0.25, 0.3) is 0 Å². The van der Waals surface area contributed by atoms with Crippen LogP contribution in [0.3, 0.4) is 0 Å². The first-order chi connectivity index (χ1) is 13.0. The van der Waals surface area contributed by atoms with Crippen molar-refractivity contribution in [2.45, 2.75) is 25.8 Å². The third-order valence-corrected chi connectivity index (χ3v) is 5.64. The molecule has 0 saturated carbocycles. The number of hydrogen-bond acceptors (Lipinski definition) is 3. The predicted molar refractivity (Wildman–Crippen MR) is 107 cm³/mol. The van der Waals surface area contributed by atoms with Crippen LogP contribution in [-0.4, -0.2) is 33.2 Å². The summed E-state index contributed by atoms with van der Waals surface area (Å²) in [6, 6.07) is 11.7. The fourth-order valence-corrected chi connectivity index (χ4v) is 3.92. The topological polar surface area (TPSA) is 52.0 Å². The van der Waals surface area contributed by atoms with Crippen LogP contribution in [0, 0.1) is 6.92 Å². The van der Waals surface area contributed by atoms with Crippen LogP contribution >= 0.6 is 11.6 Å². The van der Waals surface area contributed by atoms with E-state index in [1.54, 1.807) is 14.2 Å². The number of rotatable bonds is 6. The second-order valence-corrected chi connectivity index (χ2v) is 7.26. The maximum absolute atomic E-state index is 12.6. The summed E-state index contributed by atoms with van der Waals surface area (Å²) in [4.78, 5) is 13.9. The zero-order valence-corrected chi connectivity index (χ0v) is 16.7. The molecule has 1 amide bonds. The van der Waals surface area contributed by atoms with E-state index in [1.165, 1.54) is 4.90 Å². The van der Waals surface area contributed by atoms with Gasteiger partial charge in [-0.25, -0.2) is 0 Å². The van der Waals surface area contributed by atoms with Gasteiger partial charge in [-0.3, -0.25) is 4.79 Å². The molecule has 1 saturated heterocycles. The average Bonchev–Trinajstić information content (AvgIpc) is 3.12. The Morgan fingerprint density at radius 2 is 2.07 bits per heavy atom. The summed E-state index contributed by atoms with van der Waals surface area (Å²) >= 11 is 6.15. The van der Waals surface area contributed by atoms with Crippen LogP contribution in [0.4, 0.5) is 5.69 Å². The van der Waals surface area contributed by atoms with E-state index in [0.29, 0.717) is 11.6 Å². The molecule has 0 radical (unpaired) electrons. The highest BCUT2D eigenvalue weighted by molar-refractivity contribution is 6.31. The Labute approximate surface area is 165 Å². The summed E-state index contributed by atoms with van der Waals surface area (Å²) in [7, 11) is 3.31. The molecule has 1 fully saturated rings. The number of hydrogen-bond donors (Lipinski definition) is 2. The number of quaternary nitrogens is 1. The monoisotopic (exact) mass is 389 g/mol. The Morgan fingerprint density at radius 3 is 2.81 bits per heavy atom. The number of carbonyl (C=O) groups is 1. The Morgan fingerprint density at radius 1 is 1.26 bits per heavy atom. The zero-order valence-electron chi connectivity index (χ0n) is 16.0.